The number of hydrogen-bond donors (Lipinski definition) is 2. The number of rotatable bonds is 8. The second-order valence-corrected chi connectivity index (χ2v) is 6.21. The van der Waals surface area contributed by atoms with E-state index in [-0.39, 0.29) is 23.6 Å². The summed E-state index contributed by atoms with van der Waals surface area (Å²) in [6.07, 6.45) is -0.422. The second-order valence-electron chi connectivity index (χ2n) is 4.45. The van der Waals surface area contributed by atoms with Crippen LogP contribution < -0.4 is 4.72 Å². The van der Waals surface area contributed by atoms with Gasteiger partial charge < -0.3 is 14.6 Å². The molecule has 0 saturated heterocycles. The van der Waals surface area contributed by atoms with Crippen LogP contribution in [-0.2, 0) is 19.5 Å². The van der Waals surface area contributed by atoms with E-state index in [1.807, 2.05) is 0 Å². The zero-order valence-corrected chi connectivity index (χ0v) is 12.9. The zero-order chi connectivity index (χ0) is 16.0. The largest absolute Gasteiger partial charge is 0.478 e. The predicted molar refractivity (Wildman–Crippen MR) is 76.0 cm³/mol. The van der Waals surface area contributed by atoms with Gasteiger partial charge in [-0.15, -0.1) is 0 Å². The van der Waals surface area contributed by atoms with Gasteiger partial charge in [0.1, 0.15) is 0 Å². The van der Waals surface area contributed by atoms with Crippen LogP contribution in [0.25, 0.3) is 0 Å². The third-order valence-corrected chi connectivity index (χ3v) is 4.36. The Bertz CT molecular complexity index is 599. The molecule has 1 atom stereocenters. The number of aromatic carboxylic acids is 1. The van der Waals surface area contributed by atoms with E-state index in [0.29, 0.717) is 5.56 Å². The number of sulfonamides is 1. The standard InChI is InChI=1S/C13H19NO6S/c1-9-4-5-11(6-12(9)13(15)16)21(17,18)14-7-10(20-3)8-19-2/h4-6,10,14H,7-8H2,1-3H3,(H,15,16). The monoisotopic (exact) mass is 317 g/mol. The molecule has 0 saturated carbocycles. The minimum atomic E-state index is -3.81. The van der Waals surface area contributed by atoms with E-state index in [0.717, 1.165) is 6.07 Å². The maximum atomic E-state index is 12.1. The maximum absolute atomic E-state index is 12.1. The first kappa shape index (κ1) is 17.6. The van der Waals surface area contributed by atoms with Gasteiger partial charge in [-0.2, -0.15) is 0 Å². The van der Waals surface area contributed by atoms with Gasteiger partial charge in [0.05, 0.1) is 23.2 Å². The molecule has 1 aromatic carbocycles. The molecule has 118 valence electrons. The highest BCUT2D eigenvalue weighted by atomic mass is 32.2. The molecule has 1 aromatic rings. The Morgan fingerprint density at radius 3 is 2.57 bits per heavy atom. The summed E-state index contributed by atoms with van der Waals surface area (Å²) in [6.45, 7) is 1.88. The number of carboxylic acid groups (broad SMARTS) is 1. The number of aryl methyl sites for hydroxylation is 1. The van der Waals surface area contributed by atoms with Crippen molar-refractivity contribution >= 4 is 16.0 Å². The fourth-order valence-electron chi connectivity index (χ4n) is 1.68. The van der Waals surface area contributed by atoms with Crippen molar-refractivity contribution in [3.8, 4) is 0 Å². The normalized spacial score (nSPS) is 13.1. The Labute approximate surface area is 123 Å². The van der Waals surface area contributed by atoms with Crippen LogP contribution in [0, 0.1) is 6.92 Å². The quantitative estimate of drug-likeness (QED) is 0.729. The molecular weight excluding hydrogens is 298 g/mol. The minimum Gasteiger partial charge on any atom is -0.478 e. The molecule has 1 unspecified atom stereocenters. The first-order chi connectivity index (χ1) is 9.81. The Hall–Kier alpha value is -1.48. The smallest absolute Gasteiger partial charge is 0.335 e. The lowest BCUT2D eigenvalue weighted by Gasteiger charge is -2.15. The van der Waals surface area contributed by atoms with E-state index < -0.39 is 22.1 Å². The van der Waals surface area contributed by atoms with E-state index >= 15 is 0 Å². The molecule has 1 rings (SSSR count). The highest BCUT2D eigenvalue weighted by molar-refractivity contribution is 7.89. The first-order valence-corrected chi connectivity index (χ1v) is 7.65. The third kappa shape index (κ3) is 4.78. The number of ether oxygens (including phenoxy) is 2. The zero-order valence-electron chi connectivity index (χ0n) is 12.1. The van der Waals surface area contributed by atoms with Crippen LogP contribution in [0.3, 0.4) is 0 Å². The fraction of sp³-hybridized carbons (Fsp3) is 0.462. The van der Waals surface area contributed by atoms with Crippen molar-refractivity contribution in [2.75, 3.05) is 27.4 Å². The van der Waals surface area contributed by atoms with Crippen molar-refractivity contribution in [2.45, 2.75) is 17.9 Å². The average Bonchev–Trinajstić information content (AvgIpc) is 2.43. The molecule has 0 aliphatic rings. The molecule has 0 heterocycles. The molecule has 0 spiro atoms. The van der Waals surface area contributed by atoms with Gasteiger partial charge in [-0.1, -0.05) is 6.07 Å². The molecule has 21 heavy (non-hydrogen) atoms. The molecule has 0 aliphatic carbocycles. The Kier molecular flexibility index (Phi) is 6.28. The summed E-state index contributed by atoms with van der Waals surface area (Å²) in [7, 11) is -0.869. The second kappa shape index (κ2) is 7.51. The van der Waals surface area contributed by atoms with E-state index in [9.17, 15) is 13.2 Å². The van der Waals surface area contributed by atoms with Crippen molar-refractivity contribution in [1.29, 1.82) is 0 Å². The number of hydrogen-bond acceptors (Lipinski definition) is 5. The van der Waals surface area contributed by atoms with Crippen molar-refractivity contribution in [3.05, 3.63) is 29.3 Å². The van der Waals surface area contributed by atoms with Crippen LogP contribution in [0.5, 0.6) is 0 Å². The van der Waals surface area contributed by atoms with Crippen molar-refractivity contribution in [1.82, 2.24) is 4.72 Å². The van der Waals surface area contributed by atoms with Crippen LogP contribution in [0.2, 0.25) is 0 Å². The Balaban J connectivity index is 2.93. The van der Waals surface area contributed by atoms with E-state index in [2.05, 4.69) is 4.72 Å². The molecule has 0 amide bonds. The van der Waals surface area contributed by atoms with Gasteiger partial charge in [-0.05, 0) is 24.6 Å². The average molecular weight is 317 g/mol. The fourth-order valence-corrected chi connectivity index (χ4v) is 2.77. The van der Waals surface area contributed by atoms with Crippen molar-refractivity contribution in [3.63, 3.8) is 0 Å². The molecule has 0 bridgehead atoms. The molecular formula is C13H19NO6S. The number of methoxy groups -OCH3 is 2. The van der Waals surface area contributed by atoms with Gasteiger partial charge in [0.15, 0.2) is 0 Å². The van der Waals surface area contributed by atoms with Crippen LogP contribution in [0.15, 0.2) is 23.1 Å². The summed E-state index contributed by atoms with van der Waals surface area (Å²) in [5.41, 5.74) is 0.452. The summed E-state index contributed by atoms with van der Waals surface area (Å²) >= 11 is 0. The van der Waals surface area contributed by atoms with E-state index in [1.54, 1.807) is 6.92 Å². The molecule has 0 fully saturated rings. The molecule has 2 N–H and O–H groups in total. The summed E-state index contributed by atoms with van der Waals surface area (Å²) in [5.74, 6) is -1.17. The number of benzene rings is 1. The van der Waals surface area contributed by atoms with Gasteiger partial charge in [0.25, 0.3) is 0 Å². The third-order valence-electron chi connectivity index (χ3n) is 2.94. The molecule has 7 nitrogen and oxygen atoms in total. The summed E-state index contributed by atoms with van der Waals surface area (Å²) < 4.78 is 36.6. The van der Waals surface area contributed by atoms with Gasteiger partial charge in [0.2, 0.25) is 10.0 Å². The summed E-state index contributed by atoms with van der Waals surface area (Å²) in [5, 5.41) is 9.03. The van der Waals surface area contributed by atoms with Crippen molar-refractivity contribution in [2.24, 2.45) is 0 Å². The van der Waals surface area contributed by atoms with E-state index in [4.69, 9.17) is 14.6 Å². The SMILES string of the molecule is COCC(CNS(=O)(=O)c1ccc(C)c(C(=O)O)c1)OC. The minimum absolute atomic E-state index is 0.0307. The van der Waals surface area contributed by atoms with Gasteiger partial charge in [-0.3, -0.25) is 0 Å². The lowest BCUT2D eigenvalue weighted by molar-refractivity contribution is 0.0320. The maximum Gasteiger partial charge on any atom is 0.335 e. The van der Waals surface area contributed by atoms with Crippen LogP contribution >= 0.6 is 0 Å². The molecule has 0 aromatic heterocycles. The van der Waals surface area contributed by atoms with Gasteiger partial charge >= 0.3 is 5.97 Å². The lowest BCUT2D eigenvalue weighted by Crippen LogP contribution is -2.35. The van der Waals surface area contributed by atoms with Crippen molar-refractivity contribution < 1.29 is 27.8 Å². The van der Waals surface area contributed by atoms with Crippen LogP contribution in [0.1, 0.15) is 15.9 Å². The summed E-state index contributed by atoms with van der Waals surface area (Å²) in [4.78, 5) is 10.9. The predicted octanol–water partition coefficient (Wildman–Crippen LogP) is 0.633. The number of nitrogens with one attached hydrogen (secondary N) is 1. The van der Waals surface area contributed by atoms with Gasteiger partial charge in [0, 0.05) is 20.8 Å². The molecule has 0 radical (unpaired) electrons. The number of carboxylic acids is 1. The first-order valence-electron chi connectivity index (χ1n) is 6.17. The summed E-state index contributed by atoms with van der Waals surface area (Å²) in [6, 6.07) is 3.96. The topological polar surface area (TPSA) is 102 Å². The van der Waals surface area contributed by atoms with Gasteiger partial charge in [-0.25, -0.2) is 17.9 Å². The molecule has 8 heteroatoms. The highest BCUT2D eigenvalue weighted by Crippen LogP contribution is 2.15. The van der Waals surface area contributed by atoms with Crippen LogP contribution in [0.4, 0.5) is 0 Å². The Morgan fingerprint density at radius 1 is 1.38 bits per heavy atom. The van der Waals surface area contributed by atoms with Crippen LogP contribution in [-0.4, -0.2) is 53.0 Å². The highest BCUT2D eigenvalue weighted by Gasteiger charge is 2.19. The lowest BCUT2D eigenvalue weighted by atomic mass is 10.1. The van der Waals surface area contributed by atoms with E-state index in [1.165, 1.54) is 26.4 Å². The Morgan fingerprint density at radius 2 is 2.05 bits per heavy atom. The molecule has 0 aliphatic heterocycles. The number of carbonyl (C=O) groups is 1.